The summed E-state index contributed by atoms with van der Waals surface area (Å²) in [6.45, 7) is -0.409. The molecular formula is C26H22N3NaO5S. The van der Waals surface area contributed by atoms with Crippen LogP contribution in [0.1, 0.15) is 11.1 Å². The van der Waals surface area contributed by atoms with Crippen molar-refractivity contribution in [3.8, 4) is 17.1 Å². The molecule has 178 valence electrons. The molecule has 1 aromatic heterocycles. The van der Waals surface area contributed by atoms with Crippen LogP contribution in [-0.4, -0.2) is 35.3 Å². The van der Waals surface area contributed by atoms with Crippen molar-refractivity contribution in [3.05, 3.63) is 108 Å². The maximum Gasteiger partial charge on any atom is 1.00 e. The third-order valence-electron chi connectivity index (χ3n) is 5.13. The van der Waals surface area contributed by atoms with Crippen molar-refractivity contribution >= 4 is 16.0 Å². The van der Waals surface area contributed by atoms with E-state index in [0.29, 0.717) is 17.1 Å². The Kier molecular flexibility index (Phi) is 9.74. The smallest absolute Gasteiger partial charge is 0.546 e. The molecule has 1 heterocycles. The number of carbonyl (C=O) groups is 1. The molecule has 0 unspecified atom stereocenters. The average molecular weight is 512 g/mol. The number of hydrogen-bond donors (Lipinski definition) is 0. The summed E-state index contributed by atoms with van der Waals surface area (Å²) in [7, 11) is -3.83. The van der Waals surface area contributed by atoms with Crippen LogP contribution in [0.15, 0.2) is 102 Å². The van der Waals surface area contributed by atoms with Crippen LogP contribution in [0.2, 0.25) is 0 Å². The summed E-state index contributed by atoms with van der Waals surface area (Å²) < 4.78 is 33.6. The maximum atomic E-state index is 13.5. The van der Waals surface area contributed by atoms with Crippen LogP contribution in [0, 0.1) is 0 Å². The number of ether oxygens (including phenoxy) is 1. The summed E-state index contributed by atoms with van der Waals surface area (Å²) in [5.41, 5.74) is 2.26. The van der Waals surface area contributed by atoms with E-state index in [1.165, 1.54) is 4.31 Å². The molecule has 0 aliphatic rings. The van der Waals surface area contributed by atoms with Crippen LogP contribution in [0.4, 0.5) is 0 Å². The molecule has 4 rings (SSSR count). The van der Waals surface area contributed by atoms with Gasteiger partial charge in [0.05, 0.1) is 10.9 Å². The normalized spacial score (nSPS) is 11.0. The molecule has 0 N–H and O–H groups in total. The van der Waals surface area contributed by atoms with Crippen molar-refractivity contribution in [1.29, 1.82) is 0 Å². The first-order valence-electron chi connectivity index (χ1n) is 10.7. The molecule has 0 saturated carbocycles. The van der Waals surface area contributed by atoms with Crippen LogP contribution in [0.5, 0.6) is 5.75 Å². The second kappa shape index (κ2) is 12.8. The summed E-state index contributed by atoms with van der Waals surface area (Å²) in [5.74, 6) is -0.440. The standard InChI is InChI=1S/C26H23N3O5S.Na/c30-25(31)19-34-23-7-4-6-21(16-23)18-29(35(32,33)24-8-2-1-3-9-24)17-20-10-12-22(13-11-20)26-27-14-5-15-28-26;/h1-16H,17-19H2,(H,30,31);/q;+1/p-1. The van der Waals surface area contributed by atoms with Crippen molar-refractivity contribution in [2.75, 3.05) is 6.61 Å². The Hall–Kier alpha value is -3.08. The molecule has 8 nitrogen and oxygen atoms in total. The van der Waals surface area contributed by atoms with E-state index >= 15 is 0 Å². The van der Waals surface area contributed by atoms with Crippen LogP contribution in [0.3, 0.4) is 0 Å². The van der Waals surface area contributed by atoms with Gasteiger partial charge in [0.2, 0.25) is 10.0 Å². The van der Waals surface area contributed by atoms with Crippen molar-refractivity contribution in [2.24, 2.45) is 0 Å². The van der Waals surface area contributed by atoms with E-state index in [1.54, 1.807) is 73.1 Å². The number of carboxylic acids is 1. The third-order valence-corrected chi connectivity index (χ3v) is 6.94. The Bertz CT molecular complexity index is 1390. The van der Waals surface area contributed by atoms with Crippen LogP contribution >= 0.6 is 0 Å². The second-order valence-electron chi connectivity index (χ2n) is 7.66. The quantitative estimate of drug-likeness (QED) is 0.268. The van der Waals surface area contributed by atoms with Gasteiger partial charge in [-0.2, -0.15) is 4.31 Å². The number of nitrogens with zero attached hydrogens (tertiary/aromatic N) is 3. The first-order valence-corrected chi connectivity index (χ1v) is 12.2. The van der Waals surface area contributed by atoms with E-state index in [-0.39, 0.29) is 47.5 Å². The number of carboxylic acid groups (broad SMARTS) is 1. The van der Waals surface area contributed by atoms with Gasteiger partial charge >= 0.3 is 29.6 Å². The molecule has 0 aliphatic carbocycles. The van der Waals surface area contributed by atoms with E-state index in [4.69, 9.17) is 4.74 Å². The largest absolute Gasteiger partial charge is 1.00 e. The number of carbonyl (C=O) groups excluding carboxylic acids is 1. The van der Waals surface area contributed by atoms with Gasteiger partial charge in [0, 0.05) is 31.0 Å². The zero-order valence-electron chi connectivity index (χ0n) is 19.7. The number of aromatic nitrogens is 2. The molecular weight excluding hydrogens is 489 g/mol. The summed E-state index contributed by atoms with van der Waals surface area (Å²) in [6, 6.07) is 24.0. The molecule has 3 aromatic carbocycles. The predicted octanol–water partition coefficient (Wildman–Crippen LogP) is -0.333. The molecule has 0 saturated heterocycles. The number of hydrogen-bond acceptors (Lipinski definition) is 7. The fourth-order valence-electron chi connectivity index (χ4n) is 3.46. The fourth-order valence-corrected chi connectivity index (χ4v) is 4.90. The minimum atomic E-state index is -3.83. The molecule has 0 radical (unpaired) electrons. The van der Waals surface area contributed by atoms with E-state index in [2.05, 4.69) is 9.97 Å². The van der Waals surface area contributed by atoms with Crippen molar-refractivity contribution in [1.82, 2.24) is 14.3 Å². The van der Waals surface area contributed by atoms with Gasteiger partial charge in [0.1, 0.15) is 12.4 Å². The summed E-state index contributed by atoms with van der Waals surface area (Å²) in [6.07, 6.45) is 3.32. The zero-order valence-corrected chi connectivity index (χ0v) is 22.5. The summed E-state index contributed by atoms with van der Waals surface area (Å²) >= 11 is 0. The van der Waals surface area contributed by atoms with E-state index in [9.17, 15) is 18.3 Å². The van der Waals surface area contributed by atoms with E-state index in [0.717, 1.165) is 11.1 Å². The van der Waals surface area contributed by atoms with Crippen molar-refractivity contribution in [3.63, 3.8) is 0 Å². The first-order chi connectivity index (χ1) is 16.9. The topological polar surface area (TPSA) is 113 Å². The Morgan fingerprint density at radius 1 is 0.833 bits per heavy atom. The van der Waals surface area contributed by atoms with Crippen molar-refractivity contribution in [2.45, 2.75) is 18.0 Å². The van der Waals surface area contributed by atoms with E-state index in [1.807, 2.05) is 24.3 Å². The molecule has 0 atom stereocenters. The van der Waals surface area contributed by atoms with Gasteiger partial charge in [-0.25, -0.2) is 18.4 Å². The van der Waals surface area contributed by atoms with Gasteiger partial charge in [0.25, 0.3) is 0 Å². The van der Waals surface area contributed by atoms with Crippen molar-refractivity contribution < 1.29 is 52.6 Å². The van der Waals surface area contributed by atoms with Gasteiger partial charge in [0.15, 0.2) is 5.82 Å². The van der Waals surface area contributed by atoms with Gasteiger partial charge in [-0.1, -0.05) is 54.6 Å². The van der Waals surface area contributed by atoms with Gasteiger partial charge in [-0.05, 0) is 41.5 Å². The fraction of sp³-hybridized carbons (Fsp3) is 0.115. The molecule has 0 bridgehead atoms. The number of benzene rings is 3. The maximum absolute atomic E-state index is 13.5. The average Bonchev–Trinajstić information content (AvgIpc) is 2.89. The predicted molar refractivity (Wildman–Crippen MR) is 127 cm³/mol. The molecule has 0 amide bonds. The van der Waals surface area contributed by atoms with Crippen LogP contribution < -0.4 is 39.4 Å². The molecule has 36 heavy (non-hydrogen) atoms. The molecule has 0 aliphatic heterocycles. The minimum absolute atomic E-state index is 0. The zero-order chi connectivity index (χ0) is 24.7. The Morgan fingerprint density at radius 2 is 1.50 bits per heavy atom. The van der Waals surface area contributed by atoms with Crippen LogP contribution in [0.25, 0.3) is 11.4 Å². The molecule has 0 spiro atoms. The SMILES string of the molecule is O=C([O-])COc1cccc(CN(Cc2ccc(-c3ncccn3)cc2)S(=O)(=O)c2ccccc2)c1.[Na+]. The molecule has 0 fully saturated rings. The van der Waals surface area contributed by atoms with Gasteiger partial charge in [-0.3, -0.25) is 0 Å². The minimum Gasteiger partial charge on any atom is -0.546 e. The Balaban J connectivity index is 0.00000361. The monoisotopic (exact) mass is 511 g/mol. The number of rotatable bonds is 10. The van der Waals surface area contributed by atoms with Gasteiger partial charge in [-0.15, -0.1) is 0 Å². The Morgan fingerprint density at radius 3 is 2.17 bits per heavy atom. The number of sulfonamides is 1. The third kappa shape index (κ3) is 7.22. The first kappa shape index (κ1) is 27.5. The molecule has 10 heteroatoms. The Labute approximate surface area is 232 Å². The van der Waals surface area contributed by atoms with Gasteiger partial charge < -0.3 is 14.6 Å². The summed E-state index contributed by atoms with van der Waals surface area (Å²) in [5, 5.41) is 10.7. The second-order valence-corrected chi connectivity index (χ2v) is 9.60. The van der Waals surface area contributed by atoms with Crippen LogP contribution in [-0.2, 0) is 27.9 Å². The summed E-state index contributed by atoms with van der Waals surface area (Å²) in [4.78, 5) is 19.4. The molecule has 4 aromatic rings. The van der Waals surface area contributed by atoms with E-state index < -0.39 is 22.6 Å². The number of aliphatic carboxylic acids is 1.